The Bertz CT molecular complexity index is 721. The summed E-state index contributed by atoms with van der Waals surface area (Å²) in [4.78, 5) is 19.1. The van der Waals surface area contributed by atoms with Crippen molar-refractivity contribution in [3.63, 3.8) is 0 Å². The molecule has 0 bridgehead atoms. The number of carbonyl (C=O) groups is 2. The molecule has 0 amide bonds. The summed E-state index contributed by atoms with van der Waals surface area (Å²) in [6.45, 7) is 4.23. The summed E-state index contributed by atoms with van der Waals surface area (Å²) in [5, 5.41) is 15.6. The normalized spacial score (nSPS) is 10.1. The van der Waals surface area contributed by atoms with E-state index in [0.29, 0.717) is 12.2 Å². The van der Waals surface area contributed by atoms with Crippen molar-refractivity contribution in [2.24, 2.45) is 0 Å². The molecule has 126 valence electrons. The molecule has 0 saturated heterocycles. The van der Waals surface area contributed by atoms with E-state index in [1.807, 2.05) is 12.1 Å². The van der Waals surface area contributed by atoms with Crippen molar-refractivity contribution in [3.8, 4) is 0 Å². The second-order valence-corrected chi connectivity index (χ2v) is 5.24. The highest BCUT2D eigenvalue weighted by Gasteiger charge is 2.04. The lowest BCUT2D eigenvalue weighted by Gasteiger charge is -2.11. The van der Waals surface area contributed by atoms with E-state index in [1.54, 1.807) is 0 Å². The Kier molecular flexibility index (Phi) is 7.23. The van der Waals surface area contributed by atoms with E-state index < -0.39 is 11.9 Å². The topological polar surface area (TPSA) is 101 Å². The summed E-state index contributed by atoms with van der Waals surface area (Å²) in [6, 6.07) is 14.6. The van der Waals surface area contributed by atoms with E-state index in [4.69, 9.17) is 15.9 Å². The second kappa shape index (κ2) is 9.15. The van der Waals surface area contributed by atoms with Gasteiger partial charge in [-0.1, -0.05) is 36.4 Å². The van der Waals surface area contributed by atoms with Gasteiger partial charge in [0.25, 0.3) is 0 Å². The van der Waals surface area contributed by atoms with Gasteiger partial charge < -0.3 is 15.9 Å². The molecule has 2 aromatic carbocycles. The molecule has 5 heteroatoms. The molecule has 0 aromatic heterocycles. The largest absolute Gasteiger partial charge is 0.478 e. The molecule has 0 atom stereocenters. The highest BCUT2D eigenvalue weighted by Crippen LogP contribution is 2.21. The average Bonchev–Trinajstić information content (AvgIpc) is 2.55. The number of aliphatic carboxylic acids is 2. The third-order valence-corrected chi connectivity index (χ3v) is 3.55. The lowest BCUT2D eigenvalue weighted by Crippen LogP contribution is -1.98. The Morgan fingerprint density at radius 3 is 1.96 bits per heavy atom. The summed E-state index contributed by atoms with van der Waals surface area (Å²) >= 11 is 0. The molecule has 4 N–H and O–H groups in total. The fourth-order valence-electron chi connectivity index (χ4n) is 2.05. The predicted molar refractivity (Wildman–Crippen MR) is 94.0 cm³/mol. The van der Waals surface area contributed by atoms with Crippen LogP contribution in [0.3, 0.4) is 0 Å². The van der Waals surface area contributed by atoms with Crippen LogP contribution in [0, 0.1) is 13.8 Å². The van der Waals surface area contributed by atoms with Gasteiger partial charge in [0.15, 0.2) is 0 Å². The average molecular weight is 327 g/mol. The third-order valence-electron chi connectivity index (χ3n) is 3.55. The highest BCUT2D eigenvalue weighted by atomic mass is 16.4. The van der Waals surface area contributed by atoms with Gasteiger partial charge in [0.2, 0.25) is 0 Å². The molecule has 0 saturated carbocycles. The van der Waals surface area contributed by atoms with Gasteiger partial charge in [-0.05, 0) is 48.6 Å². The number of nitrogens with two attached hydrogens (primary N) is 1. The van der Waals surface area contributed by atoms with Crippen LogP contribution in [0.5, 0.6) is 0 Å². The van der Waals surface area contributed by atoms with Crippen LogP contribution in [0.2, 0.25) is 0 Å². The maximum Gasteiger partial charge on any atom is 0.328 e. The van der Waals surface area contributed by atoms with Gasteiger partial charge in [-0.15, -0.1) is 0 Å². The van der Waals surface area contributed by atoms with E-state index in [2.05, 4.69) is 44.2 Å². The van der Waals surface area contributed by atoms with Crippen LogP contribution in [-0.4, -0.2) is 22.2 Å². The Labute approximate surface area is 141 Å². The lowest BCUT2D eigenvalue weighted by atomic mass is 9.96. The molecule has 0 unspecified atom stereocenters. The van der Waals surface area contributed by atoms with Gasteiger partial charge >= 0.3 is 11.9 Å². The smallest absolute Gasteiger partial charge is 0.328 e. The molecule has 5 nitrogen and oxygen atoms in total. The van der Waals surface area contributed by atoms with Crippen LogP contribution in [0.25, 0.3) is 0 Å². The summed E-state index contributed by atoms with van der Waals surface area (Å²) in [6.07, 6.45) is 2.10. The van der Waals surface area contributed by atoms with Crippen molar-refractivity contribution in [3.05, 3.63) is 76.9 Å². The monoisotopic (exact) mass is 327 g/mol. The maximum absolute atomic E-state index is 9.55. The van der Waals surface area contributed by atoms with E-state index in [1.165, 1.54) is 22.3 Å². The minimum atomic E-state index is -1.26. The number of carboxylic acids is 2. The molecular weight excluding hydrogens is 306 g/mol. The molecular formula is C19H21NO4. The molecule has 0 aliphatic carbocycles. The molecule has 2 rings (SSSR count). The zero-order chi connectivity index (χ0) is 18.1. The first-order valence-corrected chi connectivity index (χ1v) is 7.33. The SMILES string of the molecule is Cc1c(N)ccc(Cc2ccccc2)c1C.O=C(O)/C=C/C(=O)O. The Morgan fingerprint density at radius 2 is 1.46 bits per heavy atom. The first-order chi connectivity index (χ1) is 11.3. The van der Waals surface area contributed by atoms with Crippen LogP contribution in [-0.2, 0) is 16.0 Å². The van der Waals surface area contributed by atoms with Gasteiger partial charge in [0.05, 0.1) is 0 Å². The number of rotatable bonds is 4. The van der Waals surface area contributed by atoms with Gasteiger partial charge in [-0.2, -0.15) is 0 Å². The first-order valence-electron chi connectivity index (χ1n) is 7.33. The van der Waals surface area contributed by atoms with E-state index in [0.717, 1.165) is 12.1 Å². The van der Waals surface area contributed by atoms with Gasteiger partial charge in [-0.25, -0.2) is 9.59 Å². The zero-order valence-electron chi connectivity index (χ0n) is 13.7. The standard InChI is InChI=1S/C15H17N.C4H4O4/c1-11-12(2)15(16)9-8-14(11)10-13-6-4-3-5-7-13;5-3(6)1-2-4(7)8/h3-9H,10,16H2,1-2H3;1-2H,(H,5,6)(H,7,8)/b;2-1+. The molecule has 0 heterocycles. The van der Waals surface area contributed by atoms with Crippen molar-refractivity contribution in [1.29, 1.82) is 0 Å². The summed E-state index contributed by atoms with van der Waals surface area (Å²) < 4.78 is 0. The van der Waals surface area contributed by atoms with Crippen LogP contribution < -0.4 is 5.73 Å². The zero-order valence-corrected chi connectivity index (χ0v) is 13.7. The quantitative estimate of drug-likeness (QED) is 0.591. The van der Waals surface area contributed by atoms with Crippen LogP contribution in [0.15, 0.2) is 54.6 Å². The van der Waals surface area contributed by atoms with E-state index >= 15 is 0 Å². The van der Waals surface area contributed by atoms with Crippen molar-refractivity contribution >= 4 is 17.6 Å². The number of nitrogen functional groups attached to an aromatic ring is 1. The second-order valence-electron chi connectivity index (χ2n) is 5.24. The third kappa shape index (κ3) is 6.36. The van der Waals surface area contributed by atoms with Crippen molar-refractivity contribution in [2.45, 2.75) is 20.3 Å². The van der Waals surface area contributed by atoms with Gasteiger partial charge in [0.1, 0.15) is 0 Å². The Hall–Kier alpha value is -3.08. The van der Waals surface area contributed by atoms with Crippen molar-refractivity contribution in [2.75, 3.05) is 5.73 Å². The number of anilines is 1. The van der Waals surface area contributed by atoms with Crippen molar-refractivity contribution < 1.29 is 19.8 Å². The minimum absolute atomic E-state index is 0.558. The van der Waals surface area contributed by atoms with Crippen LogP contribution >= 0.6 is 0 Å². The number of hydrogen-bond acceptors (Lipinski definition) is 3. The number of hydrogen-bond donors (Lipinski definition) is 3. The molecule has 0 radical (unpaired) electrons. The molecule has 24 heavy (non-hydrogen) atoms. The lowest BCUT2D eigenvalue weighted by molar-refractivity contribution is -0.134. The molecule has 0 spiro atoms. The Balaban J connectivity index is 0.000000307. The number of benzene rings is 2. The summed E-state index contributed by atoms with van der Waals surface area (Å²) in [5.41, 5.74) is 12.0. The number of carboxylic acid groups (broad SMARTS) is 2. The maximum atomic E-state index is 9.55. The van der Waals surface area contributed by atoms with Crippen LogP contribution in [0.1, 0.15) is 22.3 Å². The molecule has 2 aromatic rings. The van der Waals surface area contributed by atoms with E-state index in [9.17, 15) is 9.59 Å². The fourth-order valence-corrected chi connectivity index (χ4v) is 2.05. The minimum Gasteiger partial charge on any atom is -0.478 e. The molecule has 0 aliphatic rings. The van der Waals surface area contributed by atoms with Crippen LogP contribution in [0.4, 0.5) is 5.69 Å². The van der Waals surface area contributed by atoms with Crippen molar-refractivity contribution in [1.82, 2.24) is 0 Å². The summed E-state index contributed by atoms with van der Waals surface area (Å²) in [7, 11) is 0. The van der Waals surface area contributed by atoms with E-state index in [-0.39, 0.29) is 0 Å². The summed E-state index contributed by atoms with van der Waals surface area (Å²) in [5.74, 6) is -2.51. The molecule has 0 fully saturated rings. The Morgan fingerprint density at radius 1 is 0.917 bits per heavy atom. The van der Waals surface area contributed by atoms with Gasteiger partial charge in [0, 0.05) is 17.8 Å². The predicted octanol–water partition coefficient (Wildman–Crippen LogP) is 3.19. The van der Waals surface area contributed by atoms with Gasteiger partial charge in [-0.3, -0.25) is 0 Å². The fraction of sp³-hybridized carbons (Fsp3) is 0.158. The first kappa shape index (κ1) is 19.0. The highest BCUT2D eigenvalue weighted by molar-refractivity contribution is 5.89. The molecule has 0 aliphatic heterocycles.